The van der Waals surface area contributed by atoms with Crippen LogP contribution in [0.1, 0.15) is 5.56 Å². The maximum atomic E-state index is 12.4. The third-order valence-corrected chi connectivity index (χ3v) is 3.54. The maximum absolute atomic E-state index is 12.4. The minimum atomic E-state index is -0.553. The highest BCUT2D eigenvalue weighted by atomic mass is 32.1. The van der Waals surface area contributed by atoms with Crippen LogP contribution in [0.25, 0.3) is 6.08 Å². The van der Waals surface area contributed by atoms with Crippen LogP contribution in [0.5, 0.6) is 11.5 Å². The van der Waals surface area contributed by atoms with Crippen molar-refractivity contribution < 1.29 is 23.8 Å². The molecule has 1 aromatic rings. The van der Waals surface area contributed by atoms with Gasteiger partial charge in [0.05, 0.1) is 21.3 Å². The Hall–Kier alpha value is -2.61. The highest BCUT2D eigenvalue weighted by Crippen LogP contribution is 2.27. The fourth-order valence-corrected chi connectivity index (χ4v) is 2.27. The molecule has 2 rings (SSSR count). The summed E-state index contributed by atoms with van der Waals surface area (Å²) < 4.78 is 15.0. The Bertz CT molecular complexity index is 686. The number of benzene rings is 1. The second-order valence-electron chi connectivity index (χ2n) is 4.56. The number of nitrogens with zero attached hydrogens (tertiary/aromatic N) is 1. The highest BCUT2D eigenvalue weighted by molar-refractivity contribution is 7.80. The molecule has 1 aliphatic rings. The van der Waals surface area contributed by atoms with E-state index in [1.165, 1.54) is 14.2 Å². The number of thiocarbonyl (C=S) groups is 1. The molecule has 0 atom stereocenters. The maximum Gasteiger partial charge on any atom is 0.325 e. The topological polar surface area (TPSA) is 77.1 Å². The monoisotopic (exact) mass is 336 g/mol. The van der Waals surface area contributed by atoms with Crippen LogP contribution in [0.15, 0.2) is 23.9 Å². The molecule has 0 aliphatic carbocycles. The third-order valence-electron chi connectivity index (χ3n) is 3.21. The van der Waals surface area contributed by atoms with Crippen LogP contribution in [-0.2, 0) is 14.3 Å². The Labute approximate surface area is 138 Å². The molecule has 0 bridgehead atoms. The van der Waals surface area contributed by atoms with Crippen LogP contribution < -0.4 is 14.8 Å². The number of carbonyl (C=O) groups excluding carboxylic acids is 2. The lowest BCUT2D eigenvalue weighted by Crippen LogP contribution is -2.35. The van der Waals surface area contributed by atoms with Crippen molar-refractivity contribution in [1.29, 1.82) is 0 Å². The van der Waals surface area contributed by atoms with Gasteiger partial charge in [-0.25, -0.2) is 0 Å². The molecule has 0 saturated carbocycles. The van der Waals surface area contributed by atoms with Gasteiger partial charge >= 0.3 is 5.97 Å². The van der Waals surface area contributed by atoms with Crippen molar-refractivity contribution in [2.75, 3.05) is 27.9 Å². The van der Waals surface area contributed by atoms with Crippen molar-refractivity contribution in [2.24, 2.45) is 0 Å². The van der Waals surface area contributed by atoms with E-state index in [2.05, 4.69) is 10.1 Å². The zero-order valence-electron chi connectivity index (χ0n) is 12.9. The zero-order valence-corrected chi connectivity index (χ0v) is 13.7. The highest BCUT2D eigenvalue weighted by Gasteiger charge is 2.32. The molecule has 1 N–H and O–H groups in total. The largest absolute Gasteiger partial charge is 0.497 e. The smallest absolute Gasteiger partial charge is 0.325 e. The SMILES string of the molecule is COC(=O)CN1C(=O)/C(=C/c2cc(OC)ccc2OC)NC1=S. The van der Waals surface area contributed by atoms with Gasteiger partial charge in [-0.3, -0.25) is 14.5 Å². The molecule has 8 heteroatoms. The number of nitrogens with one attached hydrogen (secondary N) is 1. The first-order chi connectivity index (χ1) is 11.0. The van der Waals surface area contributed by atoms with E-state index < -0.39 is 11.9 Å². The Kier molecular flexibility index (Phi) is 5.17. The number of hydrogen-bond acceptors (Lipinski definition) is 6. The third kappa shape index (κ3) is 3.59. The summed E-state index contributed by atoms with van der Waals surface area (Å²) in [5, 5.41) is 2.93. The van der Waals surface area contributed by atoms with E-state index in [4.69, 9.17) is 21.7 Å². The Morgan fingerprint density at radius 1 is 1.30 bits per heavy atom. The second-order valence-corrected chi connectivity index (χ2v) is 4.95. The first-order valence-corrected chi connectivity index (χ1v) is 7.04. The van der Waals surface area contributed by atoms with Gasteiger partial charge in [0.1, 0.15) is 23.7 Å². The summed E-state index contributed by atoms with van der Waals surface area (Å²) in [5.74, 6) is 0.232. The normalized spacial score (nSPS) is 15.6. The van der Waals surface area contributed by atoms with Gasteiger partial charge in [-0.2, -0.15) is 0 Å². The van der Waals surface area contributed by atoms with E-state index in [0.717, 1.165) is 4.90 Å². The van der Waals surface area contributed by atoms with Gasteiger partial charge in [0.25, 0.3) is 5.91 Å². The number of carbonyl (C=O) groups is 2. The molecule has 7 nitrogen and oxygen atoms in total. The van der Waals surface area contributed by atoms with Gasteiger partial charge in [-0.1, -0.05) is 0 Å². The van der Waals surface area contributed by atoms with Gasteiger partial charge in [-0.05, 0) is 36.5 Å². The summed E-state index contributed by atoms with van der Waals surface area (Å²) in [6.45, 7) is -0.242. The molecule has 0 radical (unpaired) electrons. The number of methoxy groups -OCH3 is 3. The summed E-state index contributed by atoms with van der Waals surface area (Å²) in [5.41, 5.74) is 0.885. The minimum Gasteiger partial charge on any atom is -0.497 e. The number of rotatable bonds is 5. The van der Waals surface area contributed by atoms with Gasteiger partial charge in [-0.15, -0.1) is 0 Å². The van der Waals surface area contributed by atoms with E-state index in [-0.39, 0.29) is 17.4 Å². The Morgan fingerprint density at radius 3 is 2.65 bits per heavy atom. The molecular weight excluding hydrogens is 320 g/mol. The summed E-state index contributed by atoms with van der Waals surface area (Å²) in [6, 6.07) is 5.21. The summed E-state index contributed by atoms with van der Waals surface area (Å²) in [7, 11) is 4.32. The molecule has 0 spiro atoms. The van der Waals surface area contributed by atoms with E-state index >= 15 is 0 Å². The van der Waals surface area contributed by atoms with Crippen molar-refractivity contribution in [3.05, 3.63) is 29.5 Å². The lowest BCUT2D eigenvalue weighted by molar-refractivity contribution is -0.143. The summed E-state index contributed by atoms with van der Waals surface area (Å²) in [6.07, 6.45) is 1.59. The molecule has 1 heterocycles. The number of amides is 1. The standard InChI is InChI=1S/C15H16N2O5S/c1-20-10-4-5-12(21-2)9(6-10)7-11-14(19)17(15(23)16-11)8-13(18)22-3/h4-7H,8H2,1-3H3,(H,16,23)/b11-7-. The molecule has 0 aromatic heterocycles. The Balaban J connectivity index is 2.32. The molecule has 1 amide bonds. The van der Waals surface area contributed by atoms with Crippen molar-refractivity contribution >= 4 is 35.3 Å². The lowest BCUT2D eigenvalue weighted by atomic mass is 10.1. The quantitative estimate of drug-likeness (QED) is 0.487. The Morgan fingerprint density at radius 2 is 2.04 bits per heavy atom. The average molecular weight is 336 g/mol. The molecular formula is C15H16N2O5S. The van der Waals surface area contributed by atoms with E-state index in [9.17, 15) is 9.59 Å². The molecule has 1 saturated heterocycles. The molecule has 23 heavy (non-hydrogen) atoms. The van der Waals surface area contributed by atoms with Crippen molar-refractivity contribution in [2.45, 2.75) is 0 Å². The molecule has 1 fully saturated rings. The molecule has 1 aliphatic heterocycles. The summed E-state index contributed by atoms with van der Waals surface area (Å²) >= 11 is 5.08. The van der Waals surface area contributed by atoms with Crippen molar-refractivity contribution in [3.8, 4) is 11.5 Å². The van der Waals surface area contributed by atoms with E-state index in [0.29, 0.717) is 17.1 Å². The van der Waals surface area contributed by atoms with Crippen molar-refractivity contribution in [3.63, 3.8) is 0 Å². The van der Waals surface area contributed by atoms with Crippen molar-refractivity contribution in [1.82, 2.24) is 10.2 Å². The second kappa shape index (κ2) is 7.10. The van der Waals surface area contributed by atoms with Gasteiger partial charge in [0, 0.05) is 5.56 Å². The predicted molar refractivity (Wildman–Crippen MR) is 87.0 cm³/mol. The lowest BCUT2D eigenvalue weighted by Gasteiger charge is -2.11. The van der Waals surface area contributed by atoms with Gasteiger partial charge < -0.3 is 19.5 Å². The van der Waals surface area contributed by atoms with Gasteiger partial charge in [0.15, 0.2) is 5.11 Å². The van der Waals surface area contributed by atoms with Gasteiger partial charge in [0.2, 0.25) is 0 Å². The van der Waals surface area contributed by atoms with Crippen LogP contribution >= 0.6 is 12.2 Å². The number of hydrogen-bond donors (Lipinski definition) is 1. The minimum absolute atomic E-state index is 0.147. The van der Waals surface area contributed by atoms with Crippen LogP contribution in [-0.4, -0.2) is 49.8 Å². The average Bonchev–Trinajstić information content (AvgIpc) is 2.82. The number of esters is 1. The van der Waals surface area contributed by atoms with E-state index in [1.807, 2.05) is 0 Å². The number of ether oxygens (including phenoxy) is 3. The summed E-state index contributed by atoms with van der Waals surface area (Å²) in [4.78, 5) is 24.8. The zero-order chi connectivity index (χ0) is 17.0. The fourth-order valence-electron chi connectivity index (χ4n) is 2.02. The van der Waals surface area contributed by atoms with E-state index in [1.54, 1.807) is 31.4 Å². The predicted octanol–water partition coefficient (Wildman–Crippen LogP) is 0.934. The van der Waals surface area contributed by atoms with Crippen LogP contribution in [0.4, 0.5) is 0 Å². The molecule has 1 aromatic carbocycles. The van der Waals surface area contributed by atoms with Crippen LogP contribution in [0, 0.1) is 0 Å². The first kappa shape index (κ1) is 16.8. The van der Waals surface area contributed by atoms with Crippen LogP contribution in [0.2, 0.25) is 0 Å². The van der Waals surface area contributed by atoms with Crippen LogP contribution in [0.3, 0.4) is 0 Å². The fraction of sp³-hybridized carbons (Fsp3) is 0.267. The molecule has 122 valence electrons. The molecule has 0 unspecified atom stereocenters. The first-order valence-electron chi connectivity index (χ1n) is 6.63.